The van der Waals surface area contributed by atoms with Crippen LogP contribution in [0.4, 0.5) is 10.8 Å². The van der Waals surface area contributed by atoms with E-state index in [0.29, 0.717) is 22.5 Å². The minimum absolute atomic E-state index is 0.0483. The quantitative estimate of drug-likeness (QED) is 0.0943. The Balaban J connectivity index is 1.60. The van der Waals surface area contributed by atoms with E-state index in [1.54, 1.807) is 36.4 Å². The van der Waals surface area contributed by atoms with Crippen molar-refractivity contribution in [3.05, 3.63) is 116 Å². The highest BCUT2D eigenvalue weighted by atomic mass is 32.2. The van der Waals surface area contributed by atoms with E-state index in [1.165, 1.54) is 0 Å². The molecular weight excluding hydrogens is 592 g/mol. The summed E-state index contributed by atoms with van der Waals surface area (Å²) < 4.78 is 26.5. The zero-order chi connectivity index (χ0) is 31.1. The van der Waals surface area contributed by atoms with Gasteiger partial charge < -0.3 is 0 Å². The van der Waals surface area contributed by atoms with E-state index in [1.807, 2.05) is 32.9 Å². The zero-order valence-electron chi connectivity index (χ0n) is 23.3. The van der Waals surface area contributed by atoms with Gasteiger partial charge in [-0.05, 0) is 41.7 Å². The Bertz CT molecular complexity index is 1820. The van der Waals surface area contributed by atoms with Crippen LogP contribution in [0.15, 0.2) is 93.3 Å². The number of amides is 1. The molecule has 1 fully saturated rings. The van der Waals surface area contributed by atoms with Crippen molar-refractivity contribution >= 4 is 43.7 Å². The number of carbonyl (C=O) groups is 2. The van der Waals surface area contributed by atoms with Gasteiger partial charge in [0.05, 0.1) is 28.0 Å². The lowest BCUT2D eigenvalue weighted by Crippen LogP contribution is -2.30. The fraction of sp³-hybridized carbons (Fsp3) is 0.233. The van der Waals surface area contributed by atoms with Crippen molar-refractivity contribution in [2.45, 2.75) is 47.9 Å². The predicted molar refractivity (Wildman–Crippen MR) is 160 cm³/mol. The summed E-state index contributed by atoms with van der Waals surface area (Å²) in [6.45, 7) is 5.93. The minimum atomic E-state index is -4.16. The smallest absolute Gasteiger partial charge is 0.288 e. The van der Waals surface area contributed by atoms with E-state index in [4.69, 9.17) is 0 Å². The first-order valence-electron chi connectivity index (χ1n) is 13.3. The summed E-state index contributed by atoms with van der Waals surface area (Å²) >= 11 is 0.685. The van der Waals surface area contributed by atoms with Crippen LogP contribution in [0.5, 0.6) is 0 Å². The van der Waals surface area contributed by atoms with Gasteiger partial charge in [-0.3, -0.25) is 24.6 Å². The number of nitro benzene ring substituents is 1. The Hall–Kier alpha value is -4.62. The van der Waals surface area contributed by atoms with Crippen molar-refractivity contribution in [2.24, 2.45) is 11.1 Å². The number of thiazole rings is 1. The summed E-state index contributed by atoms with van der Waals surface area (Å²) in [5, 5.41) is 14.2. The summed E-state index contributed by atoms with van der Waals surface area (Å²) in [7, 11) is -4.16. The summed E-state index contributed by atoms with van der Waals surface area (Å²) in [5.74, 6) is -2.75. The van der Waals surface area contributed by atoms with Crippen molar-refractivity contribution in [3.8, 4) is 0 Å². The number of Topliss-reactive ketones (excluding diaryl/α,β-unsaturated/α-hetero) is 1. The van der Waals surface area contributed by atoms with Crippen LogP contribution in [0, 0.1) is 27.9 Å². The molecule has 5 rings (SSSR count). The van der Waals surface area contributed by atoms with E-state index in [-0.39, 0.29) is 25.8 Å². The number of nitro groups is 1. The first kappa shape index (κ1) is 29.9. The number of carbonyl (C=O) groups excluding carboxylic acids is 2. The van der Waals surface area contributed by atoms with Crippen LogP contribution in [0.3, 0.4) is 0 Å². The number of hydrogen-bond acceptors (Lipinski definition) is 10. The molecule has 1 saturated heterocycles. The molecule has 220 valence electrons. The number of sulfone groups is 1. The van der Waals surface area contributed by atoms with E-state index >= 15 is 0 Å². The first-order valence-corrected chi connectivity index (χ1v) is 15.6. The highest BCUT2D eigenvalue weighted by Gasteiger charge is 2.54. The lowest BCUT2D eigenvalue weighted by molar-refractivity contribution is -0.384. The second-order valence-electron chi connectivity index (χ2n) is 10.5. The minimum Gasteiger partial charge on any atom is -0.288 e. The van der Waals surface area contributed by atoms with Crippen LogP contribution >= 0.6 is 11.3 Å². The number of aromatic nitrogens is 1. The fourth-order valence-corrected chi connectivity index (χ4v) is 7.65. The van der Waals surface area contributed by atoms with Crippen LogP contribution in [0.25, 0.3) is 0 Å². The molecule has 0 radical (unpaired) electrons. The number of aryl methyl sites for hydroxylation is 1. The molecule has 3 aromatic carbocycles. The molecule has 1 amide bonds. The molecule has 1 aromatic heterocycles. The molecule has 4 aromatic rings. The lowest BCUT2D eigenvalue weighted by Gasteiger charge is -2.28. The maximum Gasteiger partial charge on any atom is 0.297 e. The Morgan fingerprint density at radius 3 is 2.12 bits per heavy atom. The van der Waals surface area contributed by atoms with E-state index in [0.717, 1.165) is 46.5 Å². The van der Waals surface area contributed by atoms with E-state index in [9.17, 15) is 33.0 Å². The van der Waals surface area contributed by atoms with Crippen LogP contribution in [-0.4, -0.2) is 30.0 Å². The monoisotopic (exact) mass is 618 g/mol. The van der Waals surface area contributed by atoms with Gasteiger partial charge in [0.15, 0.2) is 5.13 Å². The Labute approximate surface area is 251 Å². The highest BCUT2D eigenvalue weighted by Crippen LogP contribution is 2.48. The van der Waals surface area contributed by atoms with Gasteiger partial charge in [0.1, 0.15) is 10.3 Å². The Kier molecular flexibility index (Phi) is 8.04. The predicted octanol–water partition coefficient (Wildman–Crippen LogP) is 6.10. The lowest BCUT2D eigenvalue weighted by atomic mass is 9.83. The van der Waals surface area contributed by atoms with Gasteiger partial charge in [0.25, 0.3) is 11.6 Å². The summed E-state index contributed by atoms with van der Waals surface area (Å²) in [5.41, 5.74) is 2.72. The number of nitrogens with zero attached hydrogens (tertiary/aromatic N) is 4. The molecule has 13 heteroatoms. The standard InChI is InChI=1S/C30H26N4O7S2/c1-17(2)19-8-10-21(11-9-19)27-25(26(32-37)20-6-4-18(3)5-7-20)28(35)29(36)33(27)30-31-16-24(42-30)43(40,41)23-14-12-22(13-15-23)34(38)39/h4-17,25-27H,1-3H3. The second-order valence-corrected chi connectivity index (χ2v) is 13.7. The van der Waals surface area contributed by atoms with Gasteiger partial charge in [0, 0.05) is 12.1 Å². The van der Waals surface area contributed by atoms with Crippen molar-refractivity contribution in [2.75, 3.05) is 4.90 Å². The average molecular weight is 619 g/mol. The van der Waals surface area contributed by atoms with Crippen molar-refractivity contribution in [1.82, 2.24) is 4.98 Å². The summed E-state index contributed by atoms with van der Waals surface area (Å²) in [6.07, 6.45) is 1.08. The largest absolute Gasteiger partial charge is 0.297 e. The first-order chi connectivity index (χ1) is 20.4. The number of non-ortho nitro benzene ring substituents is 1. The second kappa shape index (κ2) is 11.6. The molecule has 3 unspecified atom stereocenters. The van der Waals surface area contributed by atoms with Crippen LogP contribution in [-0.2, 0) is 19.4 Å². The summed E-state index contributed by atoms with van der Waals surface area (Å²) in [4.78, 5) is 55.0. The molecule has 2 heterocycles. The number of nitroso groups, excluding NO2 is 1. The average Bonchev–Trinajstić information content (AvgIpc) is 3.58. The third-order valence-corrected chi connectivity index (χ3v) is 10.7. The van der Waals surface area contributed by atoms with Gasteiger partial charge in [-0.2, -0.15) is 4.91 Å². The molecule has 0 bridgehead atoms. The van der Waals surface area contributed by atoms with Gasteiger partial charge >= 0.3 is 0 Å². The maximum absolute atomic E-state index is 13.6. The van der Waals surface area contributed by atoms with Crippen molar-refractivity contribution in [1.29, 1.82) is 0 Å². The molecule has 1 aliphatic heterocycles. The molecule has 0 aliphatic carbocycles. The van der Waals surface area contributed by atoms with Crippen molar-refractivity contribution < 1.29 is 22.9 Å². The molecule has 0 saturated carbocycles. The van der Waals surface area contributed by atoms with Gasteiger partial charge in [-0.1, -0.05) is 84.5 Å². The molecule has 0 spiro atoms. The number of hydrogen-bond donors (Lipinski definition) is 0. The topological polar surface area (TPSA) is 157 Å². The number of benzene rings is 3. The number of rotatable bonds is 9. The highest BCUT2D eigenvalue weighted by molar-refractivity contribution is 7.93. The van der Waals surface area contributed by atoms with Gasteiger partial charge in [-0.15, -0.1) is 0 Å². The summed E-state index contributed by atoms with van der Waals surface area (Å²) in [6, 6.07) is 16.5. The zero-order valence-corrected chi connectivity index (χ0v) is 24.9. The Morgan fingerprint density at radius 1 is 0.953 bits per heavy atom. The number of anilines is 1. The molecule has 43 heavy (non-hydrogen) atoms. The molecule has 11 nitrogen and oxygen atoms in total. The molecule has 0 N–H and O–H groups in total. The third-order valence-electron chi connectivity index (χ3n) is 7.47. The molecule has 3 atom stereocenters. The number of ketones is 1. The molecular formula is C30H26N4O7S2. The van der Waals surface area contributed by atoms with Gasteiger partial charge in [-0.25, -0.2) is 13.4 Å². The van der Waals surface area contributed by atoms with Gasteiger partial charge in [0.2, 0.25) is 15.6 Å². The van der Waals surface area contributed by atoms with Crippen LogP contribution < -0.4 is 4.90 Å². The van der Waals surface area contributed by atoms with Crippen molar-refractivity contribution in [3.63, 3.8) is 0 Å². The van der Waals surface area contributed by atoms with Crippen LogP contribution in [0.1, 0.15) is 54.1 Å². The normalized spacial score (nSPS) is 17.8. The fourth-order valence-electron chi connectivity index (χ4n) is 5.09. The Morgan fingerprint density at radius 2 is 1.56 bits per heavy atom. The van der Waals surface area contributed by atoms with E-state index < -0.39 is 44.5 Å². The molecule has 1 aliphatic rings. The van der Waals surface area contributed by atoms with E-state index in [2.05, 4.69) is 10.2 Å². The van der Waals surface area contributed by atoms with Crippen LogP contribution in [0.2, 0.25) is 0 Å². The SMILES string of the molecule is Cc1ccc(C(N=O)C2C(=O)C(=O)N(c3ncc(S(=O)(=O)c4ccc([N+](=O)[O-])cc4)s3)C2c2ccc(C(C)C)cc2)cc1. The maximum atomic E-state index is 13.6. The third kappa shape index (κ3) is 5.48.